The Morgan fingerprint density at radius 2 is 2.00 bits per heavy atom. The number of fused-ring (bicyclic) bond motifs is 2. The van der Waals surface area contributed by atoms with Crippen molar-refractivity contribution in [3.63, 3.8) is 0 Å². The monoisotopic (exact) mass is 456 g/mol. The number of urea groups is 1. The van der Waals surface area contributed by atoms with Crippen molar-refractivity contribution in [2.45, 2.75) is 19.4 Å². The highest BCUT2D eigenvalue weighted by molar-refractivity contribution is 6.31. The van der Waals surface area contributed by atoms with Crippen LogP contribution in [0.5, 0.6) is 5.75 Å². The summed E-state index contributed by atoms with van der Waals surface area (Å²) in [6.07, 6.45) is 0.823. The summed E-state index contributed by atoms with van der Waals surface area (Å²) >= 11 is 6.18. The molecule has 4 amide bonds. The molecule has 1 fully saturated rings. The maximum atomic E-state index is 13.4. The van der Waals surface area contributed by atoms with Crippen LogP contribution < -0.4 is 15.4 Å². The Kier molecular flexibility index (Phi) is 6.23. The Bertz CT molecular complexity index is 1070. The Hall–Kier alpha value is -3.26. The molecule has 0 aliphatic carbocycles. The first-order valence-electron chi connectivity index (χ1n) is 10.6. The topological polar surface area (TPSA) is 91.0 Å². The minimum atomic E-state index is -0.750. The molecule has 0 spiro atoms. The van der Waals surface area contributed by atoms with Gasteiger partial charge in [-0.05, 0) is 42.3 Å². The number of amides is 4. The van der Waals surface area contributed by atoms with Gasteiger partial charge >= 0.3 is 6.03 Å². The molecule has 2 aromatic rings. The van der Waals surface area contributed by atoms with Gasteiger partial charge in [-0.2, -0.15) is 0 Å². The van der Waals surface area contributed by atoms with Crippen molar-refractivity contribution in [3.05, 3.63) is 47.0 Å². The summed E-state index contributed by atoms with van der Waals surface area (Å²) in [6.45, 7) is 3.33. The third kappa shape index (κ3) is 4.10. The first-order valence-corrected chi connectivity index (χ1v) is 10.9. The van der Waals surface area contributed by atoms with Crippen LogP contribution >= 0.6 is 11.6 Å². The molecule has 1 saturated heterocycles. The highest BCUT2D eigenvalue weighted by Gasteiger charge is 2.40. The Morgan fingerprint density at radius 1 is 1.19 bits per heavy atom. The number of carbonyl (C=O) groups is 3. The molecule has 2 aliphatic heterocycles. The van der Waals surface area contributed by atoms with E-state index in [2.05, 4.69) is 10.6 Å². The predicted molar refractivity (Wildman–Crippen MR) is 122 cm³/mol. The Morgan fingerprint density at radius 3 is 2.75 bits per heavy atom. The summed E-state index contributed by atoms with van der Waals surface area (Å²) in [7, 11) is 1.57. The zero-order valence-electron chi connectivity index (χ0n) is 18.0. The third-order valence-corrected chi connectivity index (χ3v) is 5.97. The molecule has 2 aromatic carbocycles. The van der Waals surface area contributed by atoms with E-state index in [0.717, 1.165) is 17.5 Å². The molecule has 0 saturated carbocycles. The second-order valence-corrected chi connectivity index (χ2v) is 8.22. The molecule has 0 radical (unpaired) electrons. The van der Waals surface area contributed by atoms with Crippen molar-refractivity contribution < 1.29 is 19.1 Å². The lowest BCUT2D eigenvalue weighted by Crippen LogP contribution is -2.60. The largest absolute Gasteiger partial charge is 0.496 e. The number of benzene rings is 2. The van der Waals surface area contributed by atoms with E-state index in [9.17, 15) is 14.4 Å². The highest BCUT2D eigenvalue weighted by Crippen LogP contribution is 2.36. The molecule has 0 aromatic heterocycles. The number of piperazine rings is 1. The lowest BCUT2D eigenvalue weighted by Gasteiger charge is -2.39. The zero-order chi connectivity index (χ0) is 22.8. The molecule has 2 N–H and O–H groups in total. The number of rotatable bonds is 4. The first kappa shape index (κ1) is 22.0. The summed E-state index contributed by atoms with van der Waals surface area (Å²) in [5.74, 6) is 0.0713. The van der Waals surface area contributed by atoms with Crippen LogP contribution in [0.25, 0.3) is 11.1 Å². The van der Waals surface area contributed by atoms with Gasteiger partial charge in [0, 0.05) is 30.2 Å². The minimum absolute atomic E-state index is 0.149. The fraction of sp³-hybridized carbons (Fsp3) is 0.348. The lowest BCUT2D eigenvalue weighted by molar-refractivity contribution is -0.121. The summed E-state index contributed by atoms with van der Waals surface area (Å²) in [5, 5.41) is 6.23. The van der Waals surface area contributed by atoms with Crippen LogP contribution in [0.2, 0.25) is 5.02 Å². The van der Waals surface area contributed by atoms with Gasteiger partial charge in [0.2, 0.25) is 5.91 Å². The van der Waals surface area contributed by atoms with E-state index in [4.69, 9.17) is 16.3 Å². The van der Waals surface area contributed by atoms with E-state index in [0.29, 0.717) is 35.1 Å². The number of hydrogen-bond acceptors (Lipinski definition) is 4. The van der Waals surface area contributed by atoms with Crippen LogP contribution in [-0.4, -0.2) is 67.0 Å². The van der Waals surface area contributed by atoms with Crippen LogP contribution in [-0.2, 0) is 4.79 Å². The predicted octanol–water partition coefficient (Wildman–Crippen LogP) is 3.21. The molecule has 0 unspecified atom stereocenters. The van der Waals surface area contributed by atoms with Crippen LogP contribution in [0.1, 0.15) is 23.7 Å². The maximum absolute atomic E-state index is 13.4. The number of carbonyl (C=O) groups excluding carboxylic acids is 3. The van der Waals surface area contributed by atoms with E-state index in [1.807, 2.05) is 13.0 Å². The summed E-state index contributed by atoms with van der Waals surface area (Å²) in [4.78, 5) is 41.9. The summed E-state index contributed by atoms with van der Waals surface area (Å²) in [5.41, 5.74) is 2.34. The second kappa shape index (κ2) is 9.08. The molecule has 0 bridgehead atoms. The lowest BCUT2D eigenvalue weighted by atomic mass is 10.00. The number of halogens is 1. The molecule has 1 atom stereocenters. The minimum Gasteiger partial charge on any atom is -0.496 e. The average Bonchev–Trinajstić information content (AvgIpc) is 2.91. The van der Waals surface area contributed by atoms with Crippen molar-refractivity contribution in [2.24, 2.45) is 0 Å². The van der Waals surface area contributed by atoms with E-state index in [1.165, 1.54) is 0 Å². The van der Waals surface area contributed by atoms with Gasteiger partial charge in [-0.15, -0.1) is 0 Å². The number of nitrogens with zero attached hydrogens (tertiary/aromatic N) is 2. The molecule has 4 rings (SSSR count). The molecule has 2 heterocycles. The number of ether oxygens (including phenoxy) is 1. The number of hydrogen-bond donors (Lipinski definition) is 2. The van der Waals surface area contributed by atoms with Gasteiger partial charge in [0.05, 0.1) is 24.9 Å². The molecular weight excluding hydrogens is 432 g/mol. The van der Waals surface area contributed by atoms with Crippen LogP contribution in [0.4, 0.5) is 10.5 Å². The van der Waals surface area contributed by atoms with Crippen LogP contribution in [0.15, 0.2) is 36.4 Å². The van der Waals surface area contributed by atoms with Crippen LogP contribution in [0.3, 0.4) is 0 Å². The van der Waals surface area contributed by atoms with Crippen molar-refractivity contribution in [1.82, 2.24) is 15.1 Å². The van der Waals surface area contributed by atoms with Gasteiger partial charge in [0.25, 0.3) is 5.91 Å². The van der Waals surface area contributed by atoms with E-state index < -0.39 is 6.04 Å². The van der Waals surface area contributed by atoms with Gasteiger partial charge < -0.3 is 25.2 Å². The van der Waals surface area contributed by atoms with E-state index >= 15 is 0 Å². The van der Waals surface area contributed by atoms with Crippen molar-refractivity contribution >= 4 is 35.1 Å². The normalized spacial score (nSPS) is 17.8. The van der Waals surface area contributed by atoms with Crippen LogP contribution in [0, 0.1) is 0 Å². The van der Waals surface area contributed by atoms with Gasteiger partial charge in [0.15, 0.2) is 0 Å². The van der Waals surface area contributed by atoms with Crippen molar-refractivity contribution in [3.8, 4) is 16.9 Å². The quantitative estimate of drug-likeness (QED) is 0.739. The highest BCUT2D eigenvalue weighted by atomic mass is 35.5. The Balaban J connectivity index is 1.64. The van der Waals surface area contributed by atoms with Gasteiger partial charge in [-0.1, -0.05) is 24.6 Å². The van der Waals surface area contributed by atoms with Gasteiger partial charge in [-0.25, -0.2) is 4.79 Å². The third-order valence-electron chi connectivity index (χ3n) is 5.74. The molecule has 168 valence electrons. The standard InChI is InChI=1S/C23H25ClN4O4/c1-3-8-25-23(31)27-9-10-28-19(13-27)21(29)26-18-6-4-14(11-17(18)22(28)30)16-12-15(24)5-7-20(16)32-2/h4-7,11-12,19H,3,8-10,13H2,1-2H3,(H,25,31)(H,26,29)/t19-/m0/s1. The average molecular weight is 457 g/mol. The van der Waals surface area contributed by atoms with Gasteiger partial charge in [-0.3, -0.25) is 9.59 Å². The molecule has 2 aliphatic rings. The molecular formula is C23H25ClN4O4. The van der Waals surface area contributed by atoms with Crippen molar-refractivity contribution in [2.75, 3.05) is 38.6 Å². The SMILES string of the molecule is CCCNC(=O)N1CCN2C(=O)c3cc(-c4cc(Cl)ccc4OC)ccc3NC(=O)[C@@H]2C1. The zero-order valence-corrected chi connectivity index (χ0v) is 18.7. The fourth-order valence-corrected chi connectivity index (χ4v) is 4.22. The molecule has 32 heavy (non-hydrogen) atoms. The van der Waals surface area contributed by atoms with E-state index in [1.54, 1.807) is 47.2 Å². The smallest absolute Gasteiger partial charge is 0.317 e. The fourth-order valence-electron chi connectivity index (χ4n) is 4.05. The number of nitrogens with one attached hydrogen (secondary N) is 2. The van der Waals surface area contributed by atoms with Crippen molar-refractivity contribution in [1.29, 1.82) is 0 Å². The maximum Gasteiger partial charge on any atom is 0.317 e. The number of methoxy groups -OCH3 is 1. The molecule has 8 nitrogen and oxygen atoms in total. The molecule has 9 heteroatoms. The summed E-state index contributed by atoms with van der Waals surface area (Å²) in [6, 6.07) is 9.59. The second-order valence-electron chi connectivity index (χ2n) is 7.79. The summed E-state index contributed by atoms with van der Waals surface area (Å²) < 4.78 is 5.45. The first-order chi connectivity index (χ1) is 15.4. The van der Waals surface area contributed by atoms with E-state index in [-0.39, 0.29) is 30.9 Å². The number of anilines is 1. The van der Waals surface area contributed by atoms with Gasteiger partial charge in [0.1, 0.15) is 11.8 Å². The Labute approximate surface area is 191 Å².